The molecule has 3 rings (SSSR count). The highest BCUT2D eigenvalue weighted by molar-refractivity contribution is 7.73. The molecule has 25 heavy (non-hydrogen) atoms. The molecule has 0 aliphatic carbocycles. The second-order valence-corrected chi connectivity index (χ2v) is 7.74. The molecule has 0 spiro atoms. The lowest BCUT2D eigenvalue weighted by Crippen LogP contribution is -2.19. The lowest BCUT2D eigenvalue weighted by molar-refractivity contribution is 0.319. The lowest BCUT2D eigenvalue weighted by Gasteiger charge is -2.19. The van der Waals surface area contributed by atoms with Crippen LogP contribution in [-0.4, -0.2) is 24.2 Å². The van der Waals surface area contributed by atoms with Crippen LogP contribution in [0.3, 0.4) is 0 Å². The number of ether oxygens (including phenoxy) is 1. The molecular weight excluding hydrogens is 329 g/mol. The fraction of sp³-hybridized carbons (Fsp3) is 0.0952. The third kappa shape index (κ3) is 4.26. The number of nitrogens with zero attached hydrogens (tertiary/aromatic N) is 1. The first-order valence-corrected chi connectivity index (χ1v) is 9.57. The maximum atomic E-state index is 9.64. The Labute approximate surface area is 149 Å². The van der Waals surface area contributed by atoms with Gasteiger partial charge < -0.3 is 9.94 Å². The zero-order valence-corrected chi connectivity index (χ0v) is 14.9. The molecule has 4 heteroatoms. The molecule has 126 valence electrons. The minimum atomic E-state index is -0.665. The quantitative estimate of drug-likeness (QED) is 0.316. The first-order valence-electron chi connectivity index (χ1n) is 8.05. The van der Waals surface area contributed by atoms with Gasteiger partial charge in [0.2, 0.25) is 0 Å². The molecule has 0 aliphatic heterocycles. The molecule has 1 N–H and O–H groups in total. The molecule has 0 radical (unpaired) electrons. The molecule has 0 saturated carbocycles. The van der Waals surface area contributed by atoms with E-state index in [1.165, 1.54) is 10.6 Å². The van der Waals surface area contributed by atoms with Crippen molar-refractivity contribution in [1.29, 1.82) is 0 Å². The highest BCUT2D eigenvalue weighted by Gasteiger charge is 2.18. The summed E-state index contributed by atoms with van der Waals surface area (Å²) in [7, 11) is 0.969. The maximum Gasteiger partial charge on any atom is 0.119 e. The Bertz CT molecular complexity index is 795. The Balaban J connectivity index is 1.96. The Kier molecular flexibility index (Phi) is 5.81. The van der Waals surface area contributed by atoms with Crippen LogP contribution < -0.4 is 15.3 Å². The number of hydrogen-bond donors (Lipinski definition) is 1. The molecular formula is C21H20NO2P. The van der Waals surface area contributed by atoms with Gasteiger partial charge in [0.15, 0.2) is 0 Å². The largest absolute Gasteiger partial charge is 0.497 e. The molecule has 0 aromatic heterocycles. The highest BCUT2D eigenvalue weighted by atomic mass is 31.1. The summed E-state index contributed by atoms with van der Waals surface area (Å²) in [6.07, 6.45) is 0.660. The maximum absolute atomic E-state index is 9.64. The van der Waals surface area contributed by atoms with Gasteiger partial charge in [-0.05, 0) is 30.7 Å². The fourth-order valence-corrected chi connectivity index (χ4v) is 4.95. The lowest BCUT2D eigenvalue weighted by atomic mass is 10.1. The number of rotatable bonds is 6. The van der Waals surface area contributed by atoms with Gasteiger partial charge in [-0.2, -0.15) is 0 Å². The van der Waals surface area contributed by atoms with E-state index >= 15 is 0 Å². The third-order valence-corrected chi connectivity index (χ3v) is 6.43. The van der Waals surface area contributed by atoms with Crippen LogP contribution in [0.2, 0.25) is 0 Å². The molecule has 0 bridgehead atoms. The second-order valence-electron chi connectivity index (χ2n) is 5.54. The van der Waals surface area contributed by atoms with Crippen molar-refractivity contribution in [2.75, 3.05) is 13.3 Å². The van der Waals surface area contributed by atoms with E-state index in [1.807, 2.05) is 36.4 Å². The Morgan fingerprint density at radius 1 is 0.880 bits per heavy atom. The van der Waals surface area contributed by atoms with E-state index < -0.39 is 7.92 Å². The van der Waals surface area contributed by atoms with Gasteiger partial charge in [0.25, 0.3) is 0 Å². The van der Waals surface area contributed by atoms with Gasteiger partial charge in [-0.3, -0.25) is 0 Å². The van der Waals surface area contributed by atoms with Gasteiger partial charge in [-0.1, -0.05) is 78.0 Å². The van der Waals surface area contributed by atoms with Crippen LogP contribution in [0.4, 0.5) is 0 Å². The van der Waals surface area contributed by atoms with Gasteiger partial charge in [0.1, 0.15) is 5.75 Å². The molecule has 3 aromatic carbocycles. The number of benzene rings is 3. The van der Waals surface area contributed by atoms with Crippen LogP contribution in [0.5, 0.6) is 5.75 Å². The molecule has 0 saturated heterocycles. The molecule has 0 aliphatic rings. The van der Waals surface area contributed by atoms with Crippen molar-refractivity contribution in [3.05, 3.63) is 90.5 Å². The van der Waals surface area contributed by atoms with Crippen LogP contribution in [0.15, 0.2) is 90.1 Å². The summed E-state index contributed by atoms with van der Waals surface area (Å²) in [4.78, 5) is 0. The van der Waals surface area contributed by atoms with E-state index in [1.54, 1.807) is 7.11 Å². The van der Waals surface area contributed by atoms with Crippen molar-refractivity contribution >= 4 is 24.2 Å². The summed E-state index contributed by atoms with van der Waals surface area (Å²) in [6, 6.07) is 28.4. The van der Waals surface area contributed by atoms with Crippen molar-refractivity contribution < 1.29 is 9.94 Å². The van der Waals surface area contributed by atoms with E-state index in [9.17, 15) is 5.21 Å². The number of oxime groups is 1. The minimum Gasteiger partial charge on any atom is -0.497 e. The van der Waals surface area contributed by atoms with Gasteiger partial charge in [0.05, 0.1) is 12.8 Å². The van der Waals surface area contributed by atoms with Crippen LogP contribution in [0.1, 0.15) is 5.56 Å². The first-order chi connectivity index (χ1) is 12.3. The van der Waals surface area contributed by atoms with Crippen LogP contribution in [0, 0.1) is 0 Å². The Morgan fingerprint density at radius 3 is 2.00 bits per heavy atom. The summed E-state index contributed by atoms with van der Waals surface area (Å²) < 4.78 is 5.29. The summed E-state index contributed by atoms with van der Waals surface area (Å²) >= 11 is 0. The molecule has 0 amide bonds. The molecule has 3 aromatic rings. The first kappa shape index (κ1) is 17.2. The van der Waals surface area contributed by atoms with Crippen molar-refractivity contribution in [2.45, 2.75) is 0 Å². The molecule has 0 fully saturated rings. The molecule has 0 unspecified atom stereocenters. The van der Waals surface area contributed by atoms with E-state index in [4.69, 9.17) is 4.74 Å². The molecule has 3 nitrogen and oxygen atoms in total. The summed E-state index contributed by atoms with van der Waals surface area (Å²) in [5.41, 5.74) is 1.54. The highest BCUT2D eigenvalue weighted by Crippen LogP contribution is 2.34. The van der Waals surface area contributed by atoms with E-state index in [2.05, 4.69) is 53.7 Å². The summed E-state index contributed by atoms with van der Waals surface area (Å²) in [5, 5.41) is 15.8. The third-order valence-electron chi connectivity index (χ3n) is 3.97. The van der Waals surface area contributed by atoms with Gasteiger partial charge in [-0.15, -0.1) is 0 Å². The minimum absolute atomic E-state index is 0.660. The number of methoxy groups -OCH3 is 1. The van der Waals surface area contributed by atoms with Gasteiger partial charge in [0, 0.05) is 11.7 Å². The zero-order chi connectivity index (χ0) is 17.5. The van der Waals surface area contributed by atoms with Crippen LogP contribution in [0.25, 0.3) is 0 Å². The topological polar surface area (TPSA) is 41.8 Å². The normalized spacial score (nSPS) is 11.5. The monoisotopic (exact) mass is 349 g/mol. The van der Waals surface area contributed by atoms with Crippen LogP contribution in [-0.2, 0) is 0 Å². The second kappa shape index (κ2) is 8.46. The predicted octanol–water partition coefficient (Wildman–Crippen LogP) is 4.01. The number of hydrogen-bond acceptors (Lipinski definition) is 3. The molecule has 0 heterocycles. The van der Waals surface area contributed by atoms with Crippen molar-refractivity contribution in [1.82, 2.24) is 0 Å². The van der Waals surface area contributed by atoms with E-state index in [0.29, 0.717) is 11.9 Å². The van der Waals surface area contributed by atoms with E-state index in [0.717, 1.165) is 11.3 Å². The average molecular weight is 349 g/mol. The van der Waals surface area contributed by atoms with Gasteiger partial charge in [-0.25, -0.2) is 0 Å². The summed E-state index contributed by atoms with van der Waals surface area (Å²) in [6.45, 7) is 0. The van der Waals surface area contributed by atoms with E-state index in [-0.39, 0.29) is 0 Å². The average Bonchev–Trinajstić information content (AvgIpc) is 2.70. The van der Waals surface area contributed by atoms with Crippen molar-refractivity contribution in [2.24, 2.45) is 5.16 Å². The predicted molar refractivity (Wildman–Crippen MR) is 105 cm³/mol. The Morgan fingerprint density at radius 2 is 1.48 bits per heavy atom. The van der Waals surface area contributed by atoms with Crippen molar-refractivity contribution in [3.63, 3.8) is 0 Å². The molecule has 0 atom stereocenters. The Hall–Kier alpha value is -2.64. The smallest absolute Gasteiger partial charge is 0.119 e. The van der Waals surface area contributed by atoms with Crippen LogP contribution >= 0.6 is 7.92 Å². The SMILES string of the molecule is COc1cccc(C(CP(c2ccccc2)c2ccccc2)=NO)c1. The standard InChI is InChI=1S/C21H20NO2P/c1-24-18-10-8-9-17(15-18)21(22-23)16-25(19-11-4-2-5-12-19)20-13-6-3-7-14-20/h2-15,23H,16H2,1H3. The van der Waals surface area contributed by atoms with Gasteiger partial charge >= 0.3 is 0 Å². The van der Waals surface area contributed by atoms with Crippen molar-refractivity contribution in [3.8, 4) is 5.75 Å². The fourth-order valence-electron chi connectivity index (χ4n) is 2.68. The zero-order valence-electron chi connectivity index (χ0n) is 14.0. The summed E-state index contributed by atoms with van der Waals surface area (Å²) in [5.74, 6) is 0.752.